The number of aromatic carboxylic acids is 1. The average molecular weight is 320 g/mol. The summed E-state index contributed by atoms with van der Waals surface area (Å²) in [7, 11) is 1.48. The van der Waals surface area contributed by atoms with Crippen LogP contribution in [-0.2, 0) is 0 Å². The molecule has 1 N–H and O–H groups in total. The molecule has 5 nitrogen and oxygen atoms in total. The first-order valence-corrected chi connectivity index (χ1v) is 7.05. The third-order valence-electron chi connectivity index (χ3n) is 3.40. The van der Waals surface area contributed by atoms with E-state index in [1.54, 1.807) is 6.07 Å². The van der Waals surface area contributed by atoms with Crippen molar-refractivity contribution in [3.63, 3.8) is 0 Å². The first-order valence-electron chi connectivity index (χ1n) is 7.05. The van der Waals surface area contributed by atoms with Gasteiger partial charge in [0.05, 0.1) is 12.7 Å². The second kappa shape index (κ2) is 6.31. The van der Waals surface area contributed by atoms with E-state index in [4.69, 9.17) is 14.3 Å². The summed E-state index contributed by atoms with van der Waals surface area (Å²) in [5.74, 6) is 5.11. The Kier molecular flexibility index (Phi) is 4.04. The highest BCUT2D eigenvalue weighted by molar-refractivity contribution is 5.92. The van der Waals surface area contributed by atoms with Gasteiger partial charge in [0.2, 0.25) is 0 Å². The standard InChI is InChI=1S/C19H12O5/c1-23-16-11-17-14(10-15(18(20)21)19(22)24-17)9-13(16)8-7-12-5-3-2-4-6-12/h2-6,9-11H,1H3,(H,20,21). The summed E-state index contributed by atoms with van der Waals surface area (Å²) in [5.41, 5.74) is 0.325. The van der Waals surface area contributed by atoms with Gasteiger partial charge in [-0.1, -0.05) is 30.0 Å². The molecule has 0 aliphatic heterocycles. The lowest BCUT2D eigenvalue weighted by atomic mass is 10.1. The van der Waals surface area contributed by atoms with Crippen LogP contribution in [0.25, 0.3) is 11.0 Å². The van der Waals surface area contributed by atoms with Gasteiger partial charge in [-0.05, 0) is 24.3 Å². The van der Waals surface area contributed by atoms with E-state index in [0.717, 1.165) is 5.56 Å². The fourth-order valence-electron chi connectivity index (χ4n) is 2.22. The van der Waals surface area contributed by atoms with Crippen LogP contribution in [0.15, 0.2) is 57.7 Å². The summed E-state index contributed by atoms with van der Waals surface area (Å²) in [4.78, 5) is 22.7. The summed E-state index contributed by atoms with van der Waals surface area (Å²) in [6.07, 6.45) is 0. The third kappa shape index (κ3) is 2.99. The van der Waals surface area contributed by atoms with Gasteiger partial charge in [0.15, 0.2) is 0 Å². The highest BCUT2D eigenvalue weighted by Gasteiger charge is 2.14. The molecule has 0 fully saturated rings. The Morgan fingerprint density at radius 3 is 2.54 bits per heavy atom. The summed E-state index contributed by atoms with van der Waals surface area (Å²) in [6.45, 7) is 0. The van der Waals surface area contributed by atoms with Gasteiger partial charge in [-0.25, -0.2) is 9.59 Å². The Morgan fingerprint density at radius 1 is 1.12 bits per heavy atom. The molecule has 1 aromatic heterocycles. The Balaban J connectivity index is 2.17. The predicted molar refractivity (Wildman–Crippen MR) is 88.4 cm³/mol. The molecule has 0 saturated heterocycles. The molecule has 3 rings (SSSR count). The minimum Gasteiger partial charge on any atom is -0.495 e. The van der Waals surface area contributed by atoms with E-state index in [9.17, 15) is 9.59 Å². The number of benzene rings is 2. The molecule has 0 atom stereocenters. The molecule has 0 aliphatic rings. The quantitative estimate of drug-likeness (QED) is 0.580. The van der Waals surface area contributed by atoms with Crippen molar-refractivity contribution in [3.05, 3.63) is 75.6 Å². The number of carbonyl (C=O) groups is 1. The number of carboxylic acid groups (broad SMARTS) is 1. The Bertz CT molecular complexity index is 1040. The summed E-state index contributed by atoms with van der Waals surface area (Å²) in [5, 5.41) is 9.50. The van der Waals surface area contributed by atoms with E-state index in [2.05, 4.69) is 11.8 Å². The van der Waals surface area contributed by atoms with Crippen LogP contribution >= 0.6 is 0 Å². The lowest BCUT2D eigenvalue weighted by Gasteiger charge is -2.05. The highest BCUT2D eigenvalue weighted by Crippen LogP contribution is 2.25. The van der Waals surface area contributed by atoms with Crippen molar-refractivity contribution >= 4 is 16.9 Å². The van der Waals surface area contributed by atoms with Crippen molar-refractivity contribution in [2.75, 3.05) is 7.11 Å². The van der Waals surface area contributed by atoms with Gasteiger partial charge in [0.25, 0.3) is 0 Å². The van der Waals surface area contributed by atoms with E-state index in [1.165, 1.54) is 19.2 Å². The summed E-state index contributed by atoms with van der Waals surface area (Å²) >= 11 is 0. The van der Waals surface area contributed by atoms with Gasteiger partial charge in [-0.3, -0.25) is 0 Å². The maximum Gasteiger partial charge on any atom is 0.351 e. The molecule has 24 heavy (non-hydrogen) atoms. The average Bonchev–Trinajstić information content (AvgIpc) is 2.59. The third-order valence-corrected chi connectivity index (χ3v) is 3.40. The van der Waals surface area contributed by atoms with Crippen LogP contribution in [0.1, 0.15) is 21.5 Å². The number of fused-ring (bicyclic) bond motifs is 1. The molecule has 5 heteroatoms. The Labute approximate surface area is 137 Å². The molecule has 0 spiro atoms. The van der Waals surface area contributed by atoms with Crippen molar-refractivity contribution in [1.82, 2.24) is 0 Å². The van der Waals surface area contributed by atoms with Crippen LogP contribution in [0.3, 0.4) is 0 Å². The van der Waals surface area contributed by atoms with E-state index in [0.29, 0.717) is 16.7 Å². The van der Waals surface area contributed by atoms with Crippen molar-refractivity contribution < 1.29 is 19.1 Å². The zero-order valence-electron chi connectivity index (χ0n) is 12.7. The van der Waals surface area contributed by atoms with Crippen LogP contribution < -0.4 is 10.4 Å². The van der Waals surface area contributed by atoms with Gasteiger partial charge in [-0.15, -0.1) is 0 Å². The largest absolute Gasteiger partial charge is 0.495 e. The zero-order chi connectivity index (χ0) is 17.1. The van der Waals surface area contributed by atoms with Crippen molar-refractivity contribution in [1.29, 1.82) is 0 Å². The summed E-state index contributed by atoms with van der Waals surface area (Å²) < 4.78 is 10.3. The smallest absolute Gasteiger partial charge is 0.351 e. The van der Waals surface area contributed by atoms with Gasteiger partial charge < -0.3 is 14.3 Å². The molecule has 0 bridgehead atoms. The molecular weight excluding hydrogens is 308 g/mol. The van der Waals surface area contributed by atoms with Gasteiger partial charge in [0, 0.05) is 17.0 Å². The lowest BCUT2D eigenvalue weighted by molar-refractivity contribution is 0.0692. The highest BCUT2D eigenvalue weighted by atomic mass is 16.5. The van der Waals surface area contributed by atoms with Crippen molar-refractivity contribution in [2.45, 2.75) is 0 Å². The molecule has 3 aromatic rings. The lowest BCUT2D eigenvalue weighted by Crippen LogP contribution is -2.12. The Morgan fingerprint density at radius 2 is 1.88 bits per heavy atom. The van der Waals surface area contributed by atoms with Crippen molar-refractivity contribution in [3.8, 4) is 17.6 Å². The van der Waals surface area contributed by atoms with Crippen LogP contribution in [0.5, 0.6) is 5.75 Å². The minimum absolute atomic E-state index is 0.243. The van der Waals surface area contributed by atoms with E-state index in [1.807, 2.05) is 30.3 Å². The maximum absolute atomic E-state index is 11.7. The molecule has 118 valence electrons. The molecular formula is C19H12O5. The van der Waals surface area contributed by atoms with Gasteiger partial charge in [-0.2, -0.15) is 0 Å². The fourth-order valence-corrected chi connectivity index (χ4v) is 2.22. The van der Waals surface area contributed by atoms with Gasteiger partial charge in [0.1, 0.15) is 16.9 Å². The molecule has 0 amide bonds. The molecule has 0 saturated carbocycles. The number of hydrogen-bond donors (Lipinski definition) is 1. The normalized spacial score (nSPS) is 10.0. The van der Waals surface area contributed by atoms with Gasteiger partial charge >= 0.3 is 11.6 Å². The van der Waals surface area contributed by atoms with Crippen LogP contribution in [0.2, 0.25) is 0 Å². The SMILES string of the molecule is COc1cc2oc(=O)c(C(=O)O)cc2cc1C#Cc1ccccc1. The second-order valence-electron chi connectivity index (χ2n) is 4.96. The topological polar surface area (TPSA) is 76.7 Å². The number of methoxy groups -OCH3 is 1. The molecule has 0 unspecified atom stereocenters. The number of ether oxygens (including phenoxy) is 1. The Hall–Kier alpha value is -3.52. The van der Waals surface area contributed by atoms with E-state index >= 15 is 0 Å². The maximum atomic E-state index is 11.7. The van der Waals surface area contributed by atoms with E-state index < -0.39 is 17.2 Å². The number of rotatable bonds is 2. The monoisotopic (exact) mass is 320 g/mol. The predicted octanol–water partition coefficient (Wildman–Crippen LogP) is 2.90. The van der Waals surface area contributed by atoms with Crippen LogP contribution in [-0.4, -0.2) is 18.2 Å². The first-order chi connectivity index (χ1) is 11.6. The second-order valence-corrected chi connectivity index (χ2v) is 4.96. The van der Waals surface area contributed by atoms with Crippen molar-refractivity contribution in [2.24, 2.45) is 0 Å². The molecule has 0 aliphatic carbocycles. The molecule has 2 aromatic carbocycles. The zero-order valence-corrected chi connectivity index (χ0v) is 12.7. The molecule has 0 radical (unpaired) electrons. The van der Waals surface area contributed by atoms with Crippen LogP contribution in [0.4, 0.5) is 0 Å². The first kappa shape index (κ1) is 15.4. The number of carboxylic acids is 1. The van der Waals surface area contributed by atoms with Crippen LogP contribution in [0, 0.1) is 11.8 Å². The minimum atomic E-state index is -1.33. The fraction of sp³-hybridized carbons (Fsp3) is 0.0526. The number of hydrogen-bond acceptors (Lipinski definition) is 4. The summed E-state index contributed by atoms with van der Waals surface area (Å²) in [6, 6.07) is 13.9. The molecule has 1 heterocycles. The van der Waals surface area contributed by atoms with E-state index in [-0.39, 0.29) is 5.58 Å².